The zero-order valence-corrected chi connectivity index (χ0v) is 12.3. The molecule has 3 rings (SSSR count). The maximum absolute atomic E-state index is 5.93. The predicted molar refractivity (Wildman–Crippen MR) is 81.0 cm³/mol. The Balaban J connectivity index is 2.20. The van der Waals surface area contributed by atoms with Crippen LogP contribution in [0.25, 0.3) is 22.6 Å². The molecule has 0 aliphatic carbocycles. The van der Waals surface area contributed by atoms with Gasteiger partial charge in [-0.3, -0.25) is 0 Å². The number of halogens is 1. The lowest BCUT2D eigenvalue weighted by Gasteiger charge is -2.01. The highest BCUT2D eigenvalue weighted by Gasteiger charge is 2.12. The Morgan fingerprint density at radius 3 is 2.68 bits per heavy atom. The van der Waals surface area contributed by atoms with E-state index < -0.39 is 0 Å². The molecule has 2 aromatic carbocycles. The number of hydrogen-bond acceptors (Lipinski definition) is 3. The highest BCUT2D eigenvalue weighted by Crippen LogP contribution is 2.31. The van der Waals surface area contributed by atoms with Gasteiger partial charge in [0, 0.05) is 11.3 Å². The molecule has 1 heterocycles. The zero-order chi connectivity index (χ0) is 13.6. The first kappa shape index (κ1) is 12.2. The van der Waals surface area contributed by atoms with Gasteiger partial charge >= 0.3 is 0 Å². The summed E-state index contributed by atoms with van der Waals surface area (Å²) in [6, 6.07) is 9.85. The van der Waals surface area contributed by atoms with Crippen LogP contribution in [-0.2, 0) is 0 Å². The summed E-state index contributed by atoms with van der Waals surface area (Å²) in [4.78, 5) is 4.52. The van der Waals surface area contributed by atoms with Crippen molar-refractivity contribution in [1.82, 2.24) is 4.98 Å². The van der Waals surface area contributed by atoms with Gasteiger partial charge in [0.15, 0.2) is 5.58 Å². The van der Waals surface area contributed by atoms with Crippen molar-refractivity contribution in [3.63, 3.8) is 0 Å². The molecule has 0 amide bonds. The van der Waals surface area contributed by atoms with Crippen LogP contribution in [0, 0.1) is 13.8 Å². The van der Waals surface area contributed by atoms with Crippen molar-refractivity contribution in [3.8, 4) is 11.5 Å². The average molecular weight is 317 g/mol. The summed E-state index contributed by atoms with van der Waals surface area (Å²) in [6.07, 6.45) is 0. The molecule has 3 aromatic rings. The third-order valence-corrected chi connectivity index (χ3v) is 3.70. The molecule has 2 N–H and O–H groups in total. The third kappa shape index (κ3) is 2.12. The van der Waals surface area contributed by atoms with Crippen molar-refractivity contribution in [3.05, 3.63) is 45.9 Å². The summed E-state index contributed by atoms with van der Waals surface area (Å²) < 4.78 is 6.74. The van der Waals surface area contributed by atoms with Crippen LogP contribution in [0.5, 0.6) is 0 Å². The number of nitrogens with zero attached hydrogens (tertiary/aromatic N) is 1. The Morgan fingerprint density at radius 1 is 1.16 bits per heavy atom. The van der Waals surface area contributed by atoms with E-state index in [1.165, 1.54) is 0 Å². The number of benzene rings is 2. The van der Waals surface area contributed by atoms with E-state index in [-0.39, 0.29) is 0 Å². The van der Waals surface area contributed by atoms with Crippen molar-refractivity contribution < 1.29 is 4.42 Å². The Morgan fingerprint density at radius 2 is 1.95 bits per heavy atom. The number of rotatable bonds is 1. The Labute approximate surface area is 119 Å². The lowest BCUT2D eigenvalue weighted by atomic mass is 10.1. The van der Waals surface area contributed by atoms with Crippen molar-refractivity contribution in [1.29, 1.82) is 0 Å². The van der Waals surface area contributed by atoms with Gasteiger partial charge in [0.2, 0.25) is 5.89 Å². The van der Waals surface area contributed by atoms with Crippen molar-refractivity contribution >= 4 is 32.7 Å². The van der Waals surface area contributed by atoms with Crippen LogP contribution in [-0.4, -0.2) is 4.98 Å². The summed E-state index contributed by atoms with van der Waals surface area (Å²) in [5, 5.41) is 0. The number of fused-ring (bicyclic) bond motifs is 1. The summed E-state index contributed by atoms with van der Waals surface area (Å²) in [5.74, 6) is 0.591. The molecule has 0 radical (unpaired) electrons. The Hall–Kier alpha value is -1.81. The number of hydrogen-bond donors (Lipinski definition) is 1. The fourth-order valence-electron chi connectivity index (χ4n) is 2.02. The van der Waals surface area contributed by atoms with Crippen LogP contribution in [0.2, 0.25) is 0 Å². The van der Waals surface area contributed by atoms with Crippen LogP contribution in [0.15, 0.2) is 39.2 Å². The monoisotopic (exact) mass is 316 g/mol. The minimum absolute atomic E-state index is 0.591. The second kappa shape index (κ2) is 4.38. The molecule has 0 saturated carbocycles. The molecule has 0 atom stereocenters. The first-order valence-corrected chi connectivity index (χ1v) is 6.77. The first-order valence-electron chi connectivity index (χ1n) is 5.98. The Bertz CT molecular complexity index is 777. The van der Waals surface area contributed by atoms with E-state index >= 15 is 0 Å². The van der Waals surface area contributed by atoms with Crippen molar-refractivity contribution in [2.75, 3.05) is 5.73 Å². The summed E-state index contributed by atoms with van der Waals surface area (Å²) in [6.45, 7) is 4.01. The summed E-state index contributed by atoms with van der Waals surface area (Å²) >= 11 is 3.50. The largest absolute Gasteiger partial charge is 0.435 e. The standard InChI is InChI=1S/C15H13BrN2O/c1-8-5-11(16)14-13(6-8)18-15(19-14)10-4-3-9(2)12(17)7-10/h3-7H,17H2,1-2H3. The van der Waals surface area contributed by atoms with E-state index in [0.717, 1.165) is 38.0 Å². The van der Waals surface area contributed by atoms with E-state index in [0.29, 0.717) is 5.89 Å². The number of aryl methyl sites for hydroxylation is 2. The van der Waals surface area contributed by atoms with Gasteiger partial charge < -0.3 is 10.2 Å². The molecule has 0 spiro atoms. The molecular formula is C15H13BrN2O. The van der Waals surface area contributed by atoms with Gasteiger partial charge in [-0.1, -0.05) is 6.07 Å². The van der Waals surface area contributed by atoms with Gasteiger partial charge in [-0.25, -0.2) is 4.98 Å². The third-order valence-electron chi connectivity index (χ3n) is 3.12. The van der Waals surface area contributed by atoms with Gasteiger partial charge in [-0.15, -0.1) is 0 Å². The van der Waals surface area contributed by atoms with Gasteiger partial charge in [0.05, 0.1) is 4.47 Å². The molecule has 0 bridgehead atoms. The maximum atomic E-state index is 5.93. The van der Waals surface area contributed by atoms with E-state index in [1.54, 1.807) is 0 Å². The SMILES string of the molecule is Cc1cc(Br)c2oc(-c3ccc(C)c(N)c3)nc2c1. The second-order valence-electron chi connectivity index (χ2n) is 4.69. The summed E-state index contributed by atoms with van der Waals surface area (Å²) in [7, 11) is 0. The van der Waals surface area contributed by atoms with Gasteiger partial charge in [-0.05, 0) is 65.2 Å². The van der Waals surface area contributed by atoms with Crippen LogP contribution >= 0.6 is 15.9 Å². The molecule has 1 aromatic heterocycles. The maximum Gasteiger partial charge on any atom is 0.227 e. The molecule has 3 nitrogen and oxygen atoms in total. The fraction of sp³-hybridized carbons (Fsp3) is 0.133. The van der Waals surface area contributed by atoms with Crippen LogP contribution < -0.4 is 5.73 Å². The number of aromatic nitrogens is 1. The molecule has 0 aliphatic heterocycles. The van der Waals surface area contributed by atoms with E-state index in [4.69, 9.17) is 10.2 Å². The molecule has 96 valence electrons. The van der Waals surface area contributed by atoms with Crippen LogP contribution in [0.4, 0.5) is 5.69 Å². The summed E-state index contributed by atoms with van der Waals surface area (Å²) in [5.41, 5.74) is 11.4. The minimum Gasteiger partial charge on any atom is -0.435 e. The highest BCUT2D eigenvalue weighted by molar-refractivity contribution is 9.10. The lowest BCUT2D eigenvalue weighted by Crippen LogP contribution is -1.89. The quantitative estimate of drug-likeness (QED) is 0.674. The second-order valence-corrected chi connectivity index (χ2v) is 5.54. The highest BCUT2D eigenvalue weighted by atomic mass is 79.9. The fourth-order valence-corrected chi connectivity index (χ4v) is 2.67. The van der Waals surface area contributed by atoms with Crippen molar-refractivity contribution in [2.24, 2.45) is 0 Å². The van der Waals surface area contributed by atoms with Gasteiger partial charge in [-0.2, -0.15) is 0 Å². The van der Waals surface area contributed by atoms with E-state index in [2.05, 4.69) is 20.9 Å². The number of oxazole rings is 1. The Kier molecular flexibility index (Phi) is 2.82. The molecule has 0 unspecified atom stereocenters. The smallest absolute Gasteiger partial charge is 0.227 e. The van der Waals surface area contributed by atoms with E-state index in [9.17, 15) is 0 Å². The predicted octanol–water partition coefficient (Wildman–Crippen LogP) is 4.46. The first-order chi connectivity index (χ1) is 9.04. The zero-order valence-electron chi connectivity index (χ0n) is 10.7. The number of nitrogen functional groups attached to an aromatic ring is 1. The molecule has 0 saturated heterocycles. The lowest BCUT2D eigenvalue weighted by molar-refractivity contribution is 0.618. The molecule has 19 heavy (non-hydrogen) atoms. The van der Waals surface area contributed by atoms with Gasteiger partial charge in [0.25, 0.3) is 0 Å². The minimum atomic E-state index is 0.591. The van der Waals surface area contributed by atoms with Crippen LogP contribution in [0.3, 0.4) is 0 Å². The average Bonchev–Trinajstić information content (AvgIpc) is 2.76. The molecule has 0 fully saturated rings. The van der Waals surface area contributed by atoms with E-state index in [1.807, 2.05) is 44.2 Å². The molecule has 0 aliphatic rings. The number of nitrogens with two attached hydrogens (primary N) is 1. The van der Waals surface area contributed by atoms with Crippen LogP contribution in [0.1, 0.15) is 11.1 Å². The normalized spacial score (nSPS) is 11.1. The van der Waals surface area contributed by atoms with Crippen molar-refractivity contribution in [2.45, 2.75) is 13.8 Å². The molecule has 4 heteroatoms. The topological polar surface area (TPSA) is 52.0 Å². The molecular weight excluding hydrogens is 304 g/mol. The number of anilines is 1. The van der Waals surface area contributed by atoms with Gasteiger partial charge in [0.1, 0.15) is 5.52 Å².